The van der Waals surface area contributed by atoms with Gasteiger partial charge in [0.1, 0.15) is 11.5 Å². The molecule has 2 nitrogen and oxygen atoms in total. The smallest absolute Gasteiger partial charge is 0.127 e. The summed E-state index contributed by atoms with van der Waals surface area (Å²) in [5, 5.41) is 0. The van der Waals surface area contributed by atoms with Crippen LogP contribution in [0.4, 0.5) is 0 Å². The zero-order valence-corrected chi connectivity index (χ0v) is 13.8. The van der Waals surface area contributed by atoms with Crippen LogP contribution in [-0.2, 0) is 0 Å². The van der Waals surface area contributed by atoms with Gasteiger partial charge in [-0.2, -0.15) is 0 Å². The van der Waals surface area contributed by atoms with Crippen molar-refractivity contribution in [3.63, 3.8) is 0 Å². The van der Waals surface area contributed by atoms with Crippen LogP contribution in [0, 0.1) is 13.8 Å². The minimum Gasteiger partial charge on any atom is -0.497 e. The molecule has 0 amide bonds. The largest absolute Gasteiger partial charge is 0.497 e. The van der Waals surface area contributed by atoms with Crippen LogP contribution in [0.3, 0.4) is 0 Å². The van der Waals surface area contributed by atoms with E-state index in [-0.39, 0.29) is 4.83 Å². The maximum absolute atomic E-state index is 5.50. The number of benzene rings is 2. The molecule has 0 saturated carbocycles. The fourth-order valence-electron chi connectivity index (χ4n) is 2.41. The van der Waals surface area contributed by atoms with Crippen LogP contribution in [0.25, 0.3) is 0 Å². The van der Waals surface area contributed by atoms with Gasteiger partial charge in [-0.3, -0.25) is 0 Å². The number of rotatable bonds is 4. The van der Waals surface area contributed by atoms with Gasteiger partial charge >= 0.3 is 0 Å². The molecule has 0 aliphatic rings. The standard InChI is InChI=1S/C17H19BrO2/c1-11-6-5-7-12(2)16(11)17(18)14-9-8-13(19-3)10-15(14)20-4/h5-10,17H,1-4H3. The third-order valence-electron chi connectivity index (χ3n) is 3.51. The van der Waals surface area contributed by atoms with Gasteiger partial charge in [-0.05, 0) is 36.6 Å². The summed E-state index contributed by atoms with van der Waals surface area (Å²) in [4.78, 5) is 0.101. The van der Waals surface area contributed by atoms with Crippen molar-refractivity contribution in [1.29, 1.82) is 0 Å². The molecule has 0 aliphatic heterocycles. The van der Waals surface area contributed by atoms with Crippen LogP contribution >= 0.6 is 15.9 Å². The quantitative estimate of drug-likeness (QED) is 0.747. The molecule has 20 heavy (non-hydrogen) atoms. The Bertz CT molecular complexity index is 588. The first-order valence-electron chi connectivity index (χ1n) is 6.50. The van der Waals surface area contributed by atoms with Crippen LogP contribution in [-0.4, -0.2) is 14.2 Å². The van der Waals surface area contributed by atoms with Gasteiger partial charge in [-0.25, -0.2) is 0 Å². The van der Waals surface area contributed by atoms with Crippen molar-refractivity contribution in [2.24, 2.45) is 0 Å². The fraction of sp³-hybridized carbons (Fsp3) is 0.294. The number of hydrogen-bond acceptors (Lipinski definition) is 2. The summed E-state index contributed by atoms with van der Waals surface area (Å²) in [5.74, 6) is 1.63. The second-order valence-corrected chi connectivity index (χ2v) is 5.69. The second-order valence-electron chi connectivity index (χ2n) is 4.78. The molecule has 2 rings (SSSR count). The second kappa shape index (κ2) is 6.31. The summed E-state index contributed by atoms with van der Waals surface area (Å²) in [6.07, 6.45) is 0. The number of alkyl halides is 1. The van der Waals surface area contributed by atoms with Gasteiger partial charge in [0.2, 0.25) is 0 Å². The SMILES string of the molecule is COc1ccc(C(Br)c2c(C)cccc2C)c(OC)c1. The molecule has 0 spiro atoms. The lowest BCUT2D eigenvalue weighted by molar-refractivity contribution is 0.391. The average molecular weight is 335 g/mol. The van der Waals surface area contributed by atoms with E-state index in [0.717, 1.165) is 17.1 Å². The monoisotopic (exact) mass is 334 g/mol. The molecule has 106 valence electrons. The van der Waals surface area contributed by atoms with Crippen LogP contribution in [0.5, 0.6) is 11.5 Å². The van der Waals surface area contributed by atoms with Gasteiger partial charge in [0.15, 0.2) is 0 Å². The van der Waals surface area contributed by atoms with Gasteiger partial charge in [0.25, 0.3) is 0 Å². The Labute approximate surface area is 128 Å². The summed E-state index contributed by atoms with van der Waals surface area (Å²) in [6, 6.07) is 12.3. The first-order valence-corrected chi connectivity index (χ1v) is 7.42. The molecule has 2 aromatic carbocycles. The predicted molar refractivity (Wildman–Crippen MR) is 86.2 cm³/mol. The van der Waals surface area contributed by atoms with Crippen molar-refractivity contribution in [1.82, 2.24) is 0 Å². The Hall–Kier alpha value is -1.48. The molecular weight excluding hydrogens is 316 g/mol. The van der Waals surface area contributed by atoms with Crippen LogP contribution in [0.1, 0.15) is 27.1 Å². The maximum atomic E-state index is 5.50. The van der Waals surface area contributed by atoms with E-state index >= 15 is 0 Å². The molecule has 0 aromatic heterocycles. The lowest BCUT2D eigenvalue weighted by Crippen LogP contribution is -2.01. The minimum absolute atomic E-state index is 0.101. The molecule has 3 heteroatoms. The molecule has 0 fully saturated rings. The average Bonchev–Trinajstić information content (AvgIpc) is 2.46. The summed E-state index contributed by atoms with van der Waals surface area (Å²) in [5.41, 5.74) is 4.93. The van der Waals surface area contributed by atoms with E-state index in [1.54, 1.807) is 14.2 Å². The number of ether oxygens (including phenoxy) is 2. The molecule has 2 aromatic rings. The van der Waals surface area contributed by atoms with Crippen molar-refractivity contribution < 1.29 is 9.47 Å². The Morgan fingerprint density at radius 3 is 2.15 bits per heavy atom. The summed E-state index contributed by atoms with van der Waals surface area (Å²) in [7, 11) is 3.34. The summed E-state index contributed by atoms with van der Waals surface area (Å²) >= 11 is 3.81. The predicted octanol–water partition coefficient (Wildman–Crippen LogP) is 4.80. The van der Waals surface area contributed by atoms with Crippen LogP contribution < -0.4 is 9.47 Å². The van der Waals surface area contributed by atoms with Gasteiger partial charge in [-0.15, -0.1) is 0 Å². The Morgan fingerprint density at radius 1 is 0.950 bits per heavy atom. The zero-order chi connectivity index (χ0) is 14.7. The van der Waals surface area contributed by atoms with E-state index in [2.05, 4.69) is 48.0 Å². The molecule has 0 heterocycles. The van der Waals surface area contributed by atoms with Crippen molar-refractivity contribution in [3.05, 3.63) is 58.7 Å². The minimum atomic E-state index is 0.101. The van der Waals surface area contributed by atoms with Crippen molar-refractivity contribution in [3.8, 4) is 11.5 Å². The molecule has 1 unspecified atom stereocenters. The molecule has 0 radical (unpaired) electrons. The number of hydrogen-bond donors (Lipinski definition) is 0. The molecule has 1 atom stereocenters. The van der Waals surface area contributed by atoms with Gasteiger partial charge in [0.05, 0.1) is 19.0 Å². The Balaban J connectivity index is 2.50. The van der Waals surface area contributed by atoms with Crippen LogP contribution in [0.2, 0.25) is 0 Å². The molecule has 0 aliphatic carbocycles. The number of halogens is 1. The summed E-state index contributed by atoms with van der Waals surface area (Å²) < 4.78 is 10.7. The third kappa shape index (κ3) is 2.83. The number of aryl methyl sites for hydroxylation is 2. The van der Waals surface area contributed by atoms with Crippen molar-refractivity contribution >= 4 is 15.9 Å². The lowest BCUT2D eigenvalue weighted by atomic mass is 9.95. The molecule has 0 N–H and O–H groups in total. The maximum Gasteiger partial charge on any atom is 0.127 e. The fourth-order valence-corrected chi connectivity index (χ4v) is 3.51. The van der Waals surface area contributed by atoms with E-state index in [0.29, 0.717) is 0 Å². The third-order valence-corrected chi connectivity index (χ3v) is 4.46. The first-order chi connectivity index (χ1) is 9.58. The van der Waals surface area contributed by atoms with Crippen LogP contribution in [0.15, 0.2) is 36.4 Å². The highest BCUT2D eigenvalue weighted by Crippen LogP contribution is 2.40. The first kappa shape index (κ1) is 14.9. The highest BCUT2D eigenvalue weighted by atomic mass is 79.9. The number of methoxy groups -OCH3 is 2. The van der Waals surface area contributed by atoms with Gasteiger partial charge in [-0.1, -0.05) is 40.2 Å². The topological polar surface area (TPSA) is 18.5 Å². The van der Waals surface area contributed by atoms with E-state index in [1.807, 2.05) is 18.2 Å². The highest BCUT2D eigenvalue weighted by molar-refractivity contribution is 9.09. The van der Waals surface area contributed by atoms with Crippen molar-refractivity contribution in [2.75, 3.05) is 14.2 Å². The van der Waals surface area contributed by atoms with Gasteiger partial charge < -0.3 is 9.47 Å². The summed E-state index contributed by atoms with van der Waals surface area (Å²) in [6.45, 7) is 4.26. The normalized spacial score (nSPS) is 12.1. The highest BCUT2D eigenvalue weighted by Gasteiger charge is 2.19. The van der Waals surface area contributed by atoms with Crippen molar-refractivity contribution in [2.45, 2.75) is 18.7 Å². The van der Waals surface area contributed by atoms with E-state index in [9.17, 15) is 0 Å². The zero-order valence-electron chi connectivity index (χ0n) is 12.2. The molecular formula is C17H19BrO2. The van der Waals surface area contributed by atoms with E-state index in [1.165, 1.54) is 16.7 Å². The molecule has 0 saturated heterocycles. The molecule has 0 bridgehead atoms. The Morgan fingerprint density at radius 2 is 1.60 bits per heavy atom. The van der Waals surface area contributed by atoms with Gasteiger partial charge in [0, 0.05) is 11.6 Å². The van der Waals surface area contributed by atoms with E-state index < -0.39 is 0 Å². The Kier molecular flexibility index (Phi) is 4.71. The lowest BCUT2D eigenvalue weighted by Gasteiger charge is -2.19. The van der Waals surface area contributed by atoms with E-state index in [4.69, 9.17) is 9.47 Å².